The van der Waals surface area contributed by atoms with Gasteiger partial charge >= 0.3 is 12.0 Å². The van der Waals surface area contributed by atoms with E-state index in [1.54, 1.807) is 11.8 Å². The number of amides is 2. The van der Waals surface area contributed by atoms with Crippen molar-refractivity contribution in [3.63, 3.8) is 0 Å². The highest BCUT2D eigenvalue weighted by Crippen LogP contribution is 2.24. The SMILES string of the molecule is CCN(CC(C)C(=O)O)C(=O)NCC1CCCCS1. The van der Waals surface area contributed by atoms with Crippen LogP contribution in [0.5, 0.6) is 0 Å². The van der Waals surface area contributed by atoms with Crippen molar-refractivity contribution in [3.05, 3.63) is 0 Å². The van der Waals surface area contributed by atoms with Crippen LogP contribution in [0, 0.1) is 5.92 Å². The minimum absolute atomic E-state index is 0.151. The molecule has 1 saturated heterocycles. The molecule has 1 heterocycles. The Morgan fingerprint density at radius 3 is 2.74 bits per heavy atom. The van der Waals surface area contributed by atoms with Crippen molar-refractivity contribution in [2.24, 2.45) is 5.92 Å². The molecule has 0 bridgehead atoms. The summed E-state index contributed by atoms with van der Waals surface area (Å²) in [6.45, 7) is 4.96. The van der Waals surface area contributed by atoms with Gasteiger partial charge in [-0.25, -0.2) is 4.79 Å². The van der Waals surface area contributed by atoms with Gasteiger partial charge in [0.2, 0.25) is 0 Å². The van der Waals surface area contributed by atoms with E-state index in [2.05, 4.69) is 5.32 Å². The maximum absolute atomic E-state index is 12.0. The van der Waals surface area contributed by atoms with Crippen LogP contribution in [0.3, 0.4) is 0 Å². The van der Waals surface area contributed by atoms with Crippen LogP contribution in [0.4, 0.5) is 4.79 Å². The van der Waals surface area contributed by atoms with Crippen molar-refractivity contribution >= 4 is 23.8 Å². The summed E-state index contributed by atoms with van der Waals surface area (Å²) in [5.74, 6) is -0.225. The zero-order valence-corrected chi connectivity index (χ0v) is 12.5. The van der Waals surface area contributed by atoms with Crippen LogP contribution in [-0.2, 0) is 4.79 Å². The van der Waals surface area contributed by atoms with Crippen LogP contribution in [0.2, 0.25) is 0 Å². The number of hydrogen-bond donors (Lipinski definition) is 2. The Hall–Kier alpha value is -0.910. The number of carboxylic acids is 1. The van der Waals surface area contributed by atoms with Crippen LogP contribution >= 0.6 is 11.8 Å². The number of carbonyl (C=O) groups is 2. The third kappa shape index (κ3) is 5.72. The van der Waals surface area contributed by atoms with Crippen molar-refractivity contribution in [2.45, 2.75) is 38.4 Å². The summed E-state index contributed by atoms with van der Waals surface area (Å²) in [6.07, 6.45) is 3.66. The molecule has 0 aromatic heterocycles. The van der Waals surface area contributed by atoms with Gasteiger partial charge < -0.3 is 15.3 Å². The van der Waals surface area contributed by atoms with Gasteiger partial charge in [0, 0.05) is 24.9 Å². The first kappa shape index (κ1) is 16.1. The van der Waals surface area contributed by atoms with E-state index in [-0.39, 0.29) is 12.6 Å². The second-order valence-corrected chi connectivity index (χ2v) is 6.36. The van der Waals surface area contributed by atoms with Crippen LogP contribution in [0.15, 0.2) is 0 Å². The Labute approximate surface area is 119 Å². The Balaban J connectivity index is 2.34. The van der Waals surface area contributed by atoms with E-state index in [0.717, 1.165) is 6.42 Å². The van der Waals surface area contributed by atoms with Gasteiger partial charge in [0.25, 0.3) is 0 Å². The molecule has 0 radical (unpaired) electrons. The minimum atomic E-state index is -0.867. The summed E-state index contributed by atoms with van der Waals surface area (Å²) in [6, 6.07) is -0.151. The maximum atomic E-state index is 12.0. The van der Waals surface area contributed by atoms with Gasteiger partial charge in [-0.3, -0.25) is 4.79 Å². The summed E-state index contributed by atoms with van der Waals surface area (Å²) in [4.78, 5) is 24.4. The van der Waals surface area contributed by atoms with Crippen LogP contribution < -0.4 is 5.32 Å². The van der Waals surface area contributed by atoms with E-state index < -0.39 is 11.9 Å². The lowest BCUT2D eigenvalue weighted by atomic mass is 10.2. The fraction of sp³-hybridized carbons (Fsp3) is 0.846. The second-order valence-electron chi connectivity index (χ2n) is 4.95. The largest absolute Gasteiger partial charge is 0.481 e. The molecule has 6 heteroatoms. The topological polar surface area (TPSA) is 69.6 Å². The molecular formula is C13H24N2O3S. The molecule has 2 unspecified atom stereocenters. The average molecular weight is 288 g/mol. The Morgan fingerprint density at radius 1 is 1.47 bits per heavy atom. The maximum Gasteiger partial charge on any atom is 0.317 e. The van der Waals surface area contributed by atoms with Gasteiger partial charge in [-0.05, 0) is 25.5 Å². The van der Waals surface area contributed by atoms with Crippen LogP contribution in [0.1, 0.15) is 33.1 Å². The number of aliphatic carboxylic acids is 1. The molecule has 5 nitrogen and oxygen atoms in total. The molecule has 0 aliphatic carbocycles. The summed E-state index contributed by atoms with van der Waals surface area (Å²) in [5.41, 5.74) is 0. The minimum Gasteiger partial charge on any atom is -0.481 e. The number of hydrogen-bond acceptors (Lipinski definition) is 3. The predicted octanol–water partition coefficient (Wildman–Crippen LogP) is 2.02. The highest BCUT2D eigenvalue weighted by molar-refractivity contribution is 7.99. The zero-order valence-electron chi connectivity index (χ0n) is 11.7. The van der Waals surface area contributed by atoms with Gasteiger partial charge in [-0.1, -0.05) is 13.3 Å². The fourth-order valence-corrected chi connectivity index (χ4v) is 3.28. The van der Waals surface area contributed by atoms with E-state index >= 15 is 0 Å². The van der Waals surface area contributed by atoms with Crippen LogP contribution in [0.25, 0.3) is 0 Å². The molecule has 19 heavy (non-hydrogen) atoms. The summed E-state index contributed by atoms with van der Waals surface area (Å²) in [7, 11) is 0. The molecule has 1 rings (SSSR count). The summed E-state index contributed by atoms with van der Waals surface area (Å²) in [5, 5.41) is 12.3. The van der Waals surface area contributed by atoms with Gasteiger partial charge in [0.15, 0.2) is 0 Å². The quantitative estimate of drug-likeness (QED) is 0.784. The molecule has 2 atom stereocenters. The predicted molar refractivity (Wildman–Crippen MR) is 77.5 cm³/mol. The molecule has 0 saturated carbocycles. The Morgan fingerprint density at radius 2 is 2.21 bits per heavy atom. The second kappa shape index (κ2) is 8.30. The molecular weight excluding hydrogens is 264 g/mol. The zero-order chi connectivity index (χ0) is 14.3. The Kier molecular flexibility index (Phi) is 7.05. The molecule has 1 fully saturated rings. The molecule has 110 valence electrons. The number of urea groups is 1. The lowest BCUT2D eigenvalue weighted by Gasteiger charge is -2.26. The van der Waals surface area contributed by atoms with Gasteiger partial charge in [0.1, 0.15) is 0 Å². The van der Waals surface area contributed by atoms with E-state index in [0.29, 0.717) is 18.3 Å². The molecule has 1 aliphatic heterocycles. The fourth-order valence-electron chi connectivity index (χ4n) is 2.05. The first-order chi connectivity index (χ1) is 9.04. The third-order valence-corrected chi connectivity index (χ3v) is 4.74. The average Bonchev–Trinajstić information content (AvgIpc) is 2.42. The lowest BCUT2D eigenvalue weighted by Crippen LogP contribution is -2.45. The van der Waals surface area contributed by atoms with Crippen molar-refractivity contribution in [2.75, 3.05) is 25.4 Å². The molecule has 1 aliphatic rings. The van der Waals surface area contributed by atoms with Gasteiger partial charge in [-0.2, -0.15) is 11.8 Å². The van der Waals surface area contributed by atoms with E-state index in [1.165, 1.54) is 18.6 Å². The van der Waals surface area contributed by atoms with E-state index in [4.69, 9.17) is 5.11 Å². The highest BCUT2D eigenvalue weighted by atomic mass is 32.2. The van der Waals surface area contributed by atoms with Crippen molar-refractivity contribution in [1.82, 2.24) is 10.2 Å². The van der Waals surface area contributed by atoms with Crippen molar-refractivity contribution < 1.29 is 14.7 Å². The molecule has 0 aromatic rings. The molecule has 0 aromatic carbocycles. The summed E-state index contributed by atoms with van der Waals surface area (Å²) < 4.78 is 0. The number of carboxylic acid groups (broad SMARTS) is 1. The smallest absolute Gasteiger partial charge is 0.317 e. The van der Waals surface area contributed by atoms with Crippen molar-refractivity contribution in [1.29, 1.82) is 0 Å². The number of carbonyl (C=O) groups excluding carboxylic acids is 1. The molecule has 2 amide bonds. The first-order valence-corrected chi connectivity index (χ1v) is 7.96. The van der Waals surface area contributed by atoms with E-state index in [1.807, 2.05) is 18.7 Å². The third-order valence-electron chi connectivity index (χ3n) is 3.34. The number of nitrogens with zero attached hydrogens (tertiary/aromatic N) is 1. The van der Waals surface area contributed by atoms with Crippen LogP contribution in [-0.4, -0.2) is 52.6 Å². The first-order valence-electron chi connectivity index (χ1n) is 6.91. The monoisotopic (exact) mass is 288 g/mol. The van der Waals surface area contributed by atoms with Gasteiger partial charge in [0.05, 0.1) is 5.92 Å². The molecule has 2 N–H and O–H groups in total. The highest BCUT2D eigenvalue weighted by Gasteiger charge is 2.20. The number of rotatable bonds is 6. The normalized spacial score (nSPS) is 20.6. The summed E-state index contributed by atoms with van der Waals surface area (Å²) >= 11 is 1.92. The standard InChI is InChI=1S/C13H24N2O3S/c1-3-15(9-10(2)12(16)17)13(18)14-8-11-6-4-5-7-19-11/h10-11H,3-9H2,1-2H3,(H,14,18)(H,16,17). The number of thioether (sulfide) groups is 1. The number of nitrogens with one attached hydrogen (secondary N) is 1. The van der Waals surface area contributed by atoms with Gasteiger partial charge in [-0.15, -0.1) is 0 Å². The lowest BCUT2D eigenvalue weighted by molar-refractivity contribution is -0.141. The molecule has 0 spiro atoms. The van der Waals surface area contributed by atoms with E-state index in [9.17, 15) is 9.59 Å². The van der Waals surface area contributed by atoms with Crippen molar-refractivity contribution in [3.8, 4) is 0 Å². The Bertz CT molecular complexity index is 306.